The summed E-state index contributed by atoms with van der Waals surface area (Å²) in [6.07, 6.45) is 0. The Labute approximate surface area is 175 Å². The standard InChI is InChI=1S/C23H21N3O2S/c1-16-12-14-19(15-13-16)21(27)24-23(29)26-25-22(28)20(17-8-4-2-5-9-17)18-10-6-3-7-11-18/h2-15,20H,1H3,(H,25,28)(H2,24,26,27,29). The first-order valence-electron chi connectivity index (χ1n) is 9.12. The number of aryl methyl sites for hydroxylation is 1. The van der Waals surface area contributed by atoms with E-state index in [2.05, 4.69) is 16.2 Å². The van der Waals surface area contributed by atoms with Crippen LogP contribution >= 0.6 is 12.2 Å². The summed E-state index contributed by atoms with van der Waals surface area (Å²) in [4.78, 5) is 25.1. The molecule has 0 radical (unpaired) electrons. The smallest absolute Gasteiger partial charge is 0.257 e. The molecule has 5 nitrogen and oxygen atoms in total. The van der Waals surface area contributed by atoms with Gasteiger partial charge >= 0.3 is 0 Å². The number of nitrogens with one attached hydrogen (secondary N) is 3. The van der Waals surface area contributed by atoms with Crippen LogP contribution in [0.15, 0.2) is 84.9 Å². The molecule has 146 valence electrons. The monoisotopic (exact) mass is 403 g/mol. The van der Waals surface area contributed by atoms with Crippen LogP contribution in [0.3, 0.4) is 0 Å². The quantitative estimate of drug-likeness (QED) is 0.461. The van der Waals surface area contributed by atoms with Crippen LogP contribution in [0.4, 0.5) is 0 Å². The van der Waals surface area contributed by atoms with E-state index in [1.54, 1.807) is 12.1 Å². The van der Waals surface area contributed by atoms with Crippen LogP contribution in [0, 0.1) is 6.92 Å². The Kier molecular flexibility index (Phi) is 6.71. The van der Waals surface area contributed by atoms with Crippen LogP contribution in [-0.4, -0.2) is 16.9 Å². The first-order chi connectivity index (χ1) is 14.0. The van der Waals surface area contributed by atoms with E-state index < -0.39 is 5.92 Å². The lowest BCUT2D eigenvalue weighted by atomic mass is 9.91. The number of carbonyl (C=O) groups excluding carboxylic acids is 2. The van der Waals surface area contributed by atoms with Gasteiger partial charge in [-0.2, -0.15) is 0 Å². The predicted octanol–water partition coefficient (Wildman–Crippen LogP) is 3.46. The molecule has 0 atom stereocenters. The summed E-state index contributed by atoms with van der Waals surface area (Å²) in [6.45, 7) is 1.94. The van der Waals surface area contributed by atoms with Gasteiger partial charge in [0, 0.05) is 5.56 Å². The molecule has 0 saturated heterocycles. The van der Waals surface area contributed by atoms with Gasteiger partial charge in [-0.1, -0.05) is 78.4 Å². The van der Waals surface area contributed by atoms with Crippen LogP contribution in [0.25, 0.3) is 0 Å². The van der Waals surface area contributed by atoms with Crippen LogP contribution in [-0.2, 0) is 4.79 Å². The summed E-state index contributed by atoms with van der Waals surface area (Å²) in [5, 5.41) is 2.57. The lowest BCUT2D eigenvalue weighted by Crippen LogP contribution is -2.49. The van der Waals surface area contributed by atoms with E-state index in [1.807, 2.05) is 79.7 Å². The van der Waals surface area contributed by atoms with Crippen molar-refractivity contribution in [3.63, 3.8) is 0 Å². The molecule has 0 aliphatic carbocycles. The Morgan fingerprint density at radius 2 is 1.28 bits per heavy atom. The van der Waals surface area contributed by atoms with Gasteiger partial charge in [-0.15, -0.1) is 0 Å². The molecule has 3 rings (SSSR count). The van der Waals surface area contributed by atoms with Crippen LogP contribution in [0.2, 0.25) is 0 Å². The zero-order valence-corrected chi connectivity index (χ0v) is 16.7. The third-order valence-electron chi connectivity index (χ3n) is 4.37. The van der Waals surface area contributed by atoms with Gasteiger partial charge in [-0.05, 0) is 42.4 Å². The second kappa shape index (κ2) is 9.61. The molecule has 0 unspecified atom stereocenters. The molecule has 3 aromatic carbocycles. The van der Waals surface area contributed by atoms with E-state index in [1.165, 1.54) is 0 Å². The molecule has 0 bridgehead atoms. The fourth-order valence-corrected chi connectivity index (χ4v) is 3.03. The van der Waals surface area contributed by atoms with Gasteiger partial charge in [0.05, 0.1) is 5.92 Å². The Bertz CT molecular complexity index is 950. The Morgan fingerprint density at radius 3 is 1.79 bits per heavy atom. The number of carbonyl (C=O) groups is 2. The van der Waals surface area contributed by atoms with Gasteiger partial charge in [0.25, 0.3) is 5.91 Å². The van der Waals surface area contributed by atoms with E-state index >= 15 is 0 Å². The van der Waals surface area contributed by atoms with Gasteiger partial charge in [0.15, 0.2) is 5.11 Å². The second-order valence-corrected chi connectivity index (χ2v) is 6.93. The first kappa shape index (κ1) is 20.2. The summed E-state index contributed by atoms with van der Waals surface area (Å²) in [6, 6.07) is 26.1. The van der Waals surface area contributed by atoms with E-state index in [4.69, 9.17) is 12.2 Å². The number of hydrazine groups is 1. The van der Waals surface area contributed by atoms with Crippen molar-refractivity contribution in [2.45, 2.75) is 12.8 Å². The van der Waals surface area contributed by atoms with Crippen LogP contribution in [0.1, 0.15) is 33.0 Å². The number of amides is 2. The van der Waals surface area contributed by atoms with Crippen LogP contribution in [0.5, 0.6) is 0 Å². The molecule has 0 heterocycles. The minimum Gasteiger partial charge on any atom is -0.298 e. The van der Waals surface area contributed by atoms with Gasteiger partial charge in [-0.25, -0.2) is 0 Å². The molecule has 0 aromatic heterocycles. The average Bonchev–Trinajstić information content (AvgIpc) is 2.74. The number of hydrogen-bond acceptors (Lipinski definition) is 3. The Morgan fingerprint density at radius 1 is 0.759 bits per heavy atom. The zero-order valence-electron chi connectivity index (χ0n) is 15.9. The maximum atomic E-state index is 12.9. The van der Waals surface area contributed by atoms with E-state index in [9.17, 15) is 9.59 Å². The molecule has 0 aliphatic rings. The Hall–Kier alpha value is -3.51. The van der Waals surface area contributed by atoms with Gasteiger partial charge in [0.1, 0.15) is 0 Å². The molecule has 2 amide bonds. The highest BCUT2D eigenvalue weighted by molar-refractivity contribution is 7.80. The third kappa shape index (κ3) is 5.49. The molecular weight excluding hydrogens is 382 g/mol. The lowest BCUT2D eigenvalue weighted by molar-refractivity contribution is -0.122. The molecule has 0 fully saturated rings. The minimum atomic E-state index is -0.513. The molecule has 3 N–H and O–H groups in total. The van der Waals surface area contributed by atoms with Gasteiger partial charge < -0.3 is 0 Å². The molecule has 0 saturated carbocycles. The van der Waals surface area contributed by atoms with E-state index in [0.29, 0.717) is 5.56 Å². The molecule has 0 spiro atoms. The van der Waals surface area contributed by atoms with Crippen LogP contribution < -0.4 is 16.2 Å². The number of thiocarbonyl (C=S) groups is 1. The largest absolute Gasteiger partial charge is 0.298 e. The Balaban J connectivity index is 1.65. The van der Waals surface area contributed by atoms with Crippen molar-refractivity contribution in [1.29, 1.82) is 0 Å². The SMILES string of the molecule is Cc1ccc(C(=O)NC(=S)NNC(=O)C(c2ccccc2)c2ccccc2)cc1. The summed E-state index contributed by atoms with van der Waals surface area (Å²) >= 11 is 5.14. The fraction of sp³-hybridized carbons (Fsp3) is 0.0870. The van der Waals surface area contributed by atoms with Crippen molar-refractivity contribution >= 4 is 29.1 Å². The van der Waals surface area contributed by atoms with E-state index in [0.717, 1.165) is 16.7 Å². The van der Waals surface area contributed by atoms with Crippen molar-refractivity contribution in [2.75, 3.05) is 0 Å². The average molecular weight is 404 g/mol. The third-order valence-corrected chi connectivity index (χ3v) is 4.57. The summed E-state index contributed by atoms with van der Waals surface area (Å²) in [7, 11) is 0. The molecule has 0 aliphatic heterocycles. The van der Waals surface area contributed by atoms with Crippen molar-refractivity contribution < 1.29 is 9.59 Å². The normalized spacial score (nSPS) is 10.3. The predicted molar refractivity (Wildman–Crippen MR) is 117 cm³/mol. The summed E-state index contributed by atoms with van der Waals surface area (Å²) < 4.78 is 0. The zero-order chi connectivity index (χ0) is 20.6. The van der Waals surface area contributed by atoms with Crippen molar-refractivity contribution in [3.05, 3.63) is 107 Å². The minimum absolute atomic E-state index is 0.0174. The number of benzene rings is 3. The van der Waals surface area contributed by atoms with Crippen molar-refractivity contribution in [2.24, 2.45) is 0 Å². The molecule has 3 aromatic rings. The van der Waals surface area contributed by atoms with E-state index in [-0.39, 0.29) is 16.9 Å². The number of rotatable bonds is 4. The highest BCUT2D eigenvalue weighted by Crippen LogP contribution is 2.24. The molecule has 6 heteroatoms. The van der Waals surface area contributed by atoms with Gasteiger partial charge in [0.2, 0.25) is 5.91 Å². The highest BCUT2D eigenvalue weighted by Gasteiger charge is 2.22. The molecule has 29 heavy (non-hydrogen) atoms. The first-order valence-corrected chi connectivity index (χ1v) is 9.53. The molecular formula is C23H21N3O2S. The number of hydrogen-bond donors (Lipinski definition) is 3. The summed E-state index contributed by atoms with van der Waals surface area (Å²) in [5.41, 5.74) is 8.47. The topological polar surface area (TPSA) is 70.2 Å². The maximum absolute atomic E-state index is 12.9. The fourth-order valence-electron chi connectivity index (χ4n) is 2.89. The second-order valence-electron chi connectivity index (χ2n) is 6.52. The maximum Gasteiger partial charge on any atom is 0.257 e. The summed E-state index contributed by atoms with van der Waals surface area (Å²) in [5.74, 6) is -1.14. The lowest BCUT2D eigenvalue weighted by Gasteiger charge is -2.19. The van der Waals surface area contributed by atoms with Crippen molar-refractivity contribution in [1.82, 2.24) is 16.2 Å². The highest BCUT2D eigenvalue weighted by atomic mass is 32.1. The van der Waals surface area contributed by atoms with Gasteiger partial charge in [-0.3, -0.25) is 25.8 Å². The van der Waals surface area contributed by atoms with Crippen molar-refractivity contribution in [3.8, 4) is 0 Å².